The third-order valence-corrected chi connectivity index (χ3v) is 12.4. The van der Waals surface area contributed by atoms with Gasteiger partial charge in [-0.3, -0.25) is 18.7 Å². The van der Waals surface area contributed by atoms with Gasteiger partial charge >= 0.3 is 6.18 Å². The van der Waals surface area contributed by atoms with Crippen molar-refractivity contribution < 1.29 is 36.1 Å². The van der Waals surface area contributed by atoms with Gasteiger partial charge < -0.3 is 10.1 Å². The average molecular weight is 646 g/mol. The minimum Gasteiger partial charge on any atom is -0.493 e. The van der Waals surface area contributed by atoms with Crippen molar-refractivity contribution in [3.8, 4) is 5.75 Å². The Morgan fingerprint density at radius 1 is 1.02 bits per heavy atom. The number of benzene rings is 3. The number of piperidine rings is 1. The number of alkyl halides is 3. The molecule has 0 spiro atoms. The summed E-state index contributed by atoms with van der Waals surface area (Å²) in [5, 5.41) is 2.28. The monoisotopic (exact) mass is 645 g/mol. The Kier molecular flexibility index (Phi) is 8.34. The van der Waals surface area contributed by atoms with E-state index in [9.17, 15) is 31.4 Å². The van der Waals surface area contributed by atoms with Gasteiger partial charge in [-0.05, 0) is 73.5 Å². The third kappa shape index (κ3) is 6.54. The Bertz CT molecular complexity index is 1670. The van der Waals surface area contributed by atoms with E-state index in [1.54, 1.807) is 0 Å². The van der Waals surface area contributed by atoms with Gasteiger partial charge in [0.25, 0.3) is 0 Å². The van der Waals surface area contributed by atoms with Crippen LogP contribution in [0.1, 0.15) is 66.4 Å². The maximum atomic E-state index is 14.4. The molecule has 3 aromatic rings. The Morgan fingerprint density at radius 2 is 1.76 bits per heavy atom. The second-order valence-corrected chi connectivity index (χ2v) is 15.7. The van der Waals surface area contributed by atoms with E-state index < -0.39 is 49.6 Å². The smallest absolute Gasteiger partial charge is 0.416 e. The zero-order valence-corrected chi connectivity index (χ0v) is 25.4. The molecule has 0 radical (unpaired) electrons. The van der Waals surface area contributed by atoms with E-state index in [4.69, 9.17) is 4.74 Å². The van der Waals surface area contributed by atoms with E-state index in [1.165, 1.54) is 49.6 Å². The van der Waals surface area contributed by atoms with Gasteiger partial charge in [0.1, 0.15) is 11.6 Å². The van der Waals surface area contributed by atoms with E-state index in [0.29, 0.717) is 30.4 Å². The lowest BCUT2D eigenvalue weighted by molar-refractivity contribution is -0.137. The number of nitrogens with zero attached hydrogens (tertiary/aromatic N) is 1. The highest BCUT2D eigenvalue weighted by molar-refractivity contribution is 8.40. The Hall–Kier alpha value is -3.61. The molecule has 45 heavy (non-hydrogen) atoms. The molecular formula is C33H35F4N3O4S. The first-order valence-corrected chi connectivity index (χ1v) is 17.2. The summed E-state index contributed by atoms with van der Waals surface area (Å²) >= 11 is 0. The highest BCUT2D eigenvalue weighted by Gasteiger charge is 2.63. The van der Waals surface area contributed by atoms with Crippen LogP contribution in [-0.4, -0.2) is 45.6 Å². The van der Waals surface area contributed by atoms with Crippen molar-refractivity contribution in [3.63, 3.8) is 0 Å². The van der Waals surface area contributed by atoms with Gasteiger partial charge in [-0.1, -0.05) is 36.8 Å². The molecule has 240 valence electrons. The first-order valence-electron chi connectivity index (χ1n) is 15.1. The fourth-order valence-corrected chi connectivity index (χ4v) is 9.48. The van der Waals surface area contributed by atoms with Crippen molar-refractivity contribution in [2.75, 3.05) is 25.4 Å². The molecule has 3 aliphatic heterocycles. The van der Waals surface area contributed by atoms with Gasteiger partial charge in [0.05, 0.1) is 30.0 Å². The molecule has 7 nitrogen and oxygen atoms in total. The summed E-state index contributed by atoms with van der Waals surface area (Å²) in [5.41, 5.74) is 1.28. The normalized spacial score (nSPS) is 22.3. The third-order valence-electron chi connectivity index (χ3n) is 8.81. The Labute approximate surface area is 258 Å². The van der Waals surface area contributed by atoms with Crippen LogP contribution in [0.5, 0.6) is 5.75 Å². The lowest BCUT2D eigenvalue weighted by Gasteiger charge is -2.31. The minimum atomic E-state index is -4.71. The maximum absolute atomic E-state index is 14.4. The van der Waals surface area contributed by atoms with Crippen LogP contribution in [0.4, 0.5) is 17.6 Å². The Morgan fingerprint density at radius 3 is 2.44 bits per heavy atom. The fourth-order valence-electron chi connectivity index (χ4n) is 6.25. The zero-order valence-electron chi connectivity index (χ0n) is 24.6. The number of nitrogens with one attached hydrogen (secondary N) is 2. The number of fused-ring (bicyclic) bond motifs is 1. The first kappa shape index (κ1) is 31.4. The topological polar surface area (TPSA) is 87.7 Å². The molecule has 12 heteroatoms. The van der Waals surface area contributed by atoms with Gasteiger partial charge in [0.15, 0.2) is 0 Å². The lowest BCUT2D eigenvalue weighted by Crippen LogP contribution is -2.42. The standard InChI is InChI=1S/C33H35F4N3O4S/c34-25-10-8-23(9-11-25)29(39-45(43,21-32(45)42)26-6-4-5-24(18-26)33(35,36)37)19-31(41)38-28-13-16-44-30-17-22(7-12-27(28)30)20-40-14-2-1-3-15-40/h4-12,17-18,28-29H,1-3,13-16,19-21H2,(H,38,41)(H,39,43)/t28-,29-/m1/s1. The minimum absolute atomic E-state index is 0.280. The van der Waals surface area contributed by atoms with Crippen molar-refractivity contribution >= 4 is 20.3 Å². The van der Waals surface area contributed by atoms with E-state index in [0.717, 1.165) is 42.9 Å². The second-order valence-electron chi connectivity index (χ2n) is 12.0. The zero-order chi connectivity index (χ0) is 31.8. The molecule has 2 saturated heterocycles. The van der Waals surface area contributed by atoms with Crippen LogP contribution < -0.4 is 14.8 Å². The molecular weight excluding hydrogens is 610 g/mol. The summed E-state index contributed by atoms with van der Waals surface area (Å²) in [6.07, 6.45) is -0.866. The van der Waals surface area contributed by atoms with Crippen LogP contribution in [0.15, 0.2) is 71.6 Å². The SMILES string of the molecule is O=C(C[C@@H](NS1(=O)(c2cccc(C(F)(F)F)c2)CC1=O)c1ccc(F)cc1)N[C@@H]1CCOc2cc(CN3CCCCC3)ccc21. The molecule has 3 heterocycles. The van der Waals surface area contributed by atoms with Gasteiger partial charge in [-0.15, -0.1) is 0 Å². The van der Waals surface area contributed by atoms with Gasteiger partial charge in [0, 0.05) is 39.1 Å². The van der Waals surface area contributed by atoms with Crippen molar-refractivity contribution in [2.24, 2.45) is 0 Å². The van der Waals surface area contributed by atoms with Gasteiger partial charge in [0.2, 0.25) is 11.0 Å². The summed E-state index contributed by atoms with van der Waals surface area (Å²) in [6, 6.07) is 13.6. The van der Waals surface area contributed by atoms with Crippen LogP contribution >= 0.6 is 0 Å². The van der Waals surface area contributed by atoms with Crippen LogP contribution in [0.25, 0.3) is 0 Å². The van der Waals surface area contributed by atoms with Crippen molar-refractivity contribution in [2.45, 2.75) is 61.8 Å². The molecule has 2 N–H and O–H groups in total. The molecule has 0 bridgehead atoms. The number of halogens is 4. The van der Waals surface area contributed by atoms with Crippen LogP contribution in [0.3, 0.4) is 0 Å². The number of likely N-dealkylation sites (tertiary alicyclic amines) is 1. The molecule has 0 unspecified atom stereocenters. The number of hydrogen-bond acceptors (Lipinski definition) is 5. The number of carbonyl (C=O) groups excluding carboxylic acids is 2. The molecule has 0 aromatic heterocycles. The van der Waals surface area contributed by atoms with Crippen molar-refractivity contribution in [1.82, 2.24) is 14.9 Å². The van der Waals surface area contributed by atoms with Gasteiger partial charge in [-0.25, -0.2) is 9.11 Å². The van der Waals surface area contributed by atoms with Crippen LogP contribution in [0.2, 0.25) is 0 Å². The van der Waals surface area contributed by atoms with E-state index >= 15 is 0 Å². The van der Waals surface area contributed by atoms with Crippen LogP contribution in [-0.2, 0) is 31.6 Å². The van der Waals surface area contributed by atoms with E-state index in [2.05, 4.69) is 14.9 Å². The predicted molar refractivity (Wildman–Crippen MR) is 161 cm³/mol. The summed E-state index contributed by atoms with van der Waals surface area (Å²) in [7, 11) is -4.63. The number of ether oxygens (including phenoxy) is 1. The Balaban J connectivity index is 1.22. The molecule has 6 rings (SSSR count). The van der Waals surface area contributed by atoms with Crippen LogP contribution in [0, 0.1) is 5.82 Å². The van der Waals surface area contributed by atoms with E-state index in [-0.39, 0.29) is 17.4 Å². The number of amides is 1. The summed E-state index contributed by atoms with van der Waals surface area (Å²) in [6.45, 7) is 3.34. The predicted octanol–water partition coefficient (Wildman–Crippen LogP) is 5.83. The number of carbonyl (C=O) groups is 2. The molecule has 2 fully saturated rings. The molecule has 1 amide bonds. The summed E-state index contributed by atoms with van der Waals surface area (Å²) < 4.78 is 77.5. The highest BCUT2D eigenvalue weighted by atomic mass is 32.3. The lowest BCUT2D eigenvalue weighted by atomic mass is 9.97. The maximum Gasteiger partial charge on any atom is 0.416 e. The van der Waals surface area contributed by atoms with E-state index in [1.807, 2.05) is 18.2 Å². The fraction of sp³-hybridized carbons (Fsp3) is 0.394. The number of rotatable bonds is 9. The van der Waals surface area contributed by atoms with Crippen molar-refractivity contribution in [1.29, 1.82) is 0 Å². The average Bonchev–Trinajstić information content (AvgIpc) is 3.58. The molecule has 2 atom stereocenters. The summed E-state index contributed by atoms with van der Waals surface area (Å²) in [5.74, 6) is -0.774. The van der Waals surface area contributed by atoms with Crippen molar-refractivity contribution in [3.05, 3.63) is 94.8 Å². The highest BCUT2D eigenvalue weighted by Crippen LogP contribution is 2.49. The molecule has 0 saturated carbocycles. The molecule has 3 aromatic carbocycles. The second kappa shape index (κ2) is 12.0. The molecule has 0 aliphatic carbocycles. The molecule has 3 aliphatic rings. The number of hydrogen-bond donors (Lipinski definition) is 2. The largest absolute Gasteiger partial charge is 0.493 e. The quantitative estimate of drug-likeness (QED) is 0.226. The summed E-state index contributed by atoms with van der Waals surface area (Å²) in [4.78, 5) is 28.5. The van der Waals surface area contributed by atoms with Gasteiger partial charge in [-0.2, -0.15) is 13.2 Å². The first-order chi connectivity index (χ1) is 21.4.